The molecule has 0 saturated carbocycles. The minimum Gasteiger partial charge on any atom is -0.492 e. The van der Waals surface area contributed by atoms with Crippen molar-refractivity contribution >= 4 is 11.9 Å². The van der Waals surface area contributed by atoms with Crippen molar-refractivity contribution in [2.45, 2.75) is 80.6 Å². The van der Waals surface area contributed by atoms with Gasteiger partial charge in [0.1, 0.15) is 48.4 Å². The fraction of sp³-hybridized carbons (Fsp3) is 0.562. The molecule has 5 heterocycles. The Bertz CT molecular complexity index is 1500. The number of carboxylic acid groups (broad SMARTS) is 1. The third kappa shape index (κ3) is 6.44. The van der Waals surface area contributed by atoms with E-state index in [2.05, 4.69) is 0 Å². The Morgan fingerprint density at radius 3 is 2.58 bits per heavy atom. The van der Waals surface area contributed by atoms with Crippen LogP contribution < -0.4 is 29.6 Å². The third-order valence-electron chi connectivity index (χ3n) is 8.96. The lowest BCUT2D eigenvalue weighted by molar-refractivity contribution is -0.379. The molecule has 5 aliphatic rings. The van der Waals surface area contributed by atoms with Crippen molar-refractivity contribution in [3.8, 4) is 28.7 Å². The Hall–Kier alpha value is -3.90. The summed E-state index contributed by atoms with van der Waals surface area (Å²) in [5, 5.41) is 30.3. The summed E-state index contributed by atoms with van der Waals surface area (Å²) in [7, 11) is 0. The zero-order chi connectivity index (χ0) is 33.4. The molecule has 2 aromatic carbocycles. The summed E-state index contributed by atoms with van der Waals surface area (Å²) >= 11 is 0. The lowest BCUT2D eigenvalue weighted by Gasteiger charge is -2.44. The number of aliphatic hydroxyl groups is 2. The molecule has 9 atom stereocenters. The second-order valence-corrected chi connectivity index (χ2v) is 12.1. The number of hydrogen-bond acceptors (Lipinski definition) is 15. The molecule has 0 radical (unpaired) electrons. The van der Waals surface area contributed by atoms with Crippen LogP contribution in [-0.4, -0.2) is 103 Å². The van der Waals surface area contributed by atoms with E-state index in [9.17, 15) is 19.8 Å². The highest BCUT2D eigenvalue weighted by Crippen LogP contribution is 2.54. The number of fused-ring (bicyclic) bond motifs is 7. The summed E-state index contributed by atoms with van der Waals surface area (Å²) in [6.07, 6.45) is -8.01. The predicted molar refractivity (Wildman–Crippen MR) is 158 cm³/mol. The number of carbonyl (C=O) groups excluding carboxylic acids is 1. The van der Waals surface area contributed by atoms with Gasteiger partial charge in [0.2, 0.25) is 6.79 Å². The number of carboxylic acids is 1. The lowest BCUT2D eigenvalue weighted by atomic mass is 9.89. The van der Waals surface area contributed by atoms with Gasteiger partial charge in [-0.05, 0) is 43.5 Å². The molecule has 5 N–H and O–H groups in total. The van der Waals surface area contributed by atoms with Crippen molar-refractivity contribution in [3.63, 3.8) is 0 Å². The number of nitrogens with two attached hydrogens (primary N) is 1. The number of carbonyl (C=O) groups is 2. The normalized spacial score (nSPS) is 31.2. The van der Waals surface area contributed by atoms with E-state index in [0.29, 0.717) is 36.0 Å². The largest absolute Gasteiger partial charge is 0.492 e. The third-order valence-corrected chi connectivity index (χ3v) is 8.96. The minimum absolute atomic E-state index is 0.0305. The molecule has 2 saturated heterocycles. The Morgan fingerprint density at radius 1 is 0.958 bits per heavy atom. The van der Waals surface area contributed by atoms with Crippen LogP contribution in [-0.2, 0) is 33.4 Å². The Labute approximate surface area is 274 Å². The summed E-state index contributed by atoms with van der Waals surface area (Å²) in [5.74, 6) is 0.431. The molecule has 0 aliphatic carbocycles. The highest BCUT2D eigenvalue weighted by atomic mass is 17.2. The molecule has 16 nitrogen and oxygen atoms in total. The number of aliphatic carboxylic acids is 1. The van der Waals surface area contributed by atoms with Gasteiger partial charge in [-0.1, -0.05) is 0 Å². The molecule has 260 valence electrons. The Balaban J connectivity index is 1.09. The SMILES string of the molecule is NCCOC1OC2C(OC(=O)CC(=O)O)CCC(CCO)OC2C(O)C1OOc1ccc2c(c1)C1Oc3cc4c(cc3C1CO2)OCO4. The average molecular weight is 676 g/mol. The minimum atomic E-state index is -1.43. The molecule has 2 fully saturated rings. The van der Waals surface area contributed by atoms with E-state index < -0.39 is 61.3 Å². The van der Waals surface area contributed by atoms with Crippen LogP contribution >= 0.6 is 0 Å². The molecule has 48 heavy (non-hydrogen) atoms. The van der Waals surface area contributed by atoms with Gasteiger partial charge in [-0.15, -0.1) is 0 Å². The number of ether oxygens (including phenoxy) is 8. The number of rotatable bonds is 11. The smallest absolute Gasteiger partial charge is 0.317 e. The van der Waals surface area contributed by atoms with Gasteiger partial charge < -0.3 is 63.8 Å². The van der Waals surface area contributed by atoms with Gasteiger partial charge in [-0.25, -0.2) is 0 Å². The molecule has 16 heteroatoms. The van der Waals surface area contributed by atoms with Crippen LogP contribution in [0.5, 0.6) is 28.7 Å². The second-order valence-electron chi connectivity index (χ2n) is 12.1. The van der Waals surface area contributed by atoms with Crippen molar-refractivity contribution in [3.05, 3.63) is 41.5 Å². The van der Waals surface area contributed by atoms with E-state index in [1.54, 1.807) is 18.2 Å². The molecule has 9 unspecified atom stereocenters. The molecule has 5 aliphatic heterocycles. The van der Waals surface area contributed by atoms with E-state index in [-0.39, 0.29) is 57.2 Å². The van der Waals surface area contributed by atoms with Crippen LogP contribution in [0.1, 0.15) is 48.8 Å². The summed E-state index contributed by atoms with van der Waals surface area (Å²) in [6, 6.07) is 8.83. The molecular formula is C32H37NO15. The predicted octanol–water partition coefficient (Wildman–Crippen LogP) is 1.08. The van der Waals surface area contributed by atoms with E-state index in [1.165, 1.54) is 0 Å². The zero-order valence-corrected chi connectivity index (χ0v) is 25.8. The first-order valence-corrected chi connectivity index (χ1v) is 15.9. The van der Waals surface area contributed by atoms with Crippen molar-refractivity contribution in [2.24, 2.45) is 5.73 Å². The van der Waals surface area contributed by atoms with Gasteiger partial charge in [-0.2, -0.15) is 4.89 Å². The van der Waals surface area contributed by atoms with Gasteiger partial charge in [0.15, 0.2) is 29.6 Å². The second kappa shape index (κ2) is 13.9. The van der Waals surface area contributed by atoms with Crippen LogP contribution in [0.2, 0.25) is 0 Å². The maximum absolute atomic E-state index is 12.3. The van der Waals surface area contributed by atoms with Crippen LogP contribution in [0.3, 0.4) is 0 Å². The van der Waals surface area contributed by atoms with Crippen LogP contribution in [0, 0.1) is 0 Å². The van der Waals surface area contributed by atoms with Crippen molar-refractivity contribution < 1.29 is 72.6 Å². The van der Waals surface area contributed by atoms with Crippen LogP contribution in [0.15, 0.2) is 30.3 Å². The maximum atomic E-state index is 12.3. The summed E-state index contributed by atoms with van der Waals surface area (Å²) in [6.45, 7) is 0.530. The summed E-state index contributed by atoms with van der Waals surface area (Å²) in [5.41, 5.74) is 7.36. The van der Waals surface area contributed by atoms with Crippen LogP contribution in [0.25, 0.3) is 0 Å². The van der Waals surface area contributed by atoms with Gasteiger partial charge in [-0.3, -0.25) is 9.59 Å². The summed E-state index contributed by atoms with van der Waals surface area (Å²) < 4.78 is 47.1. The first kappa shape index (κ1) is 32.6. The average Bonchev–Trinajstić information content (AvgIpc) is 3.63. The fourth-order valence-corrected chi connectivity index (χ4v) is 6.74. The highest BCUT2D eigenvalue weighted by Gasteiger charge is 2.54. The first-order valence-electron chi connectivity index (χ1n) is 15.9. The maximum Gasteiger partial charge on any atom is 0.317 e. The first-order chi connectivity index (χ1) is 23.3. The van der Waals surface area contributed by atoms with E-state index in [1.807, 2.05) is 12.1 Å². The van der Waals surface area contributed by atoms with Crippen molar-refractivity contribution in [2.75, 3.05) is 33.2 Å². The van der Waals surface area contributed by atoms with Crippen molar-refractivity contribution in [1.82, 2.24) is 0 Å². The molecule has 7 rings (SSSR count). The van der Waals surface area contributed by atoms with Crippen molar-refractivity contribution in [1.29, 1.82) is 0 Å². The molecule has 0 spiro atoms. The number of benzene rings is 2. The van der Waals surface area contributed by atoms with Crippen LogP contribution in [0.4, 0.5) is 0 Å². The molecule has 2 aromatic rings. The van der Waals surface area contributed by atoms with E-state index in [4.69, 9.17) is 58.5 Å². The van der Waals surface area contributed by atoms with E-state index >= 15 is 0 Å². The number of esters is 1. The van der Waals surface area contributed by atoms with E-state index in [0.717, 1.165) is 11.1 Å². The monoisotopic (exact) mass is 675 g/mol. The van der Waals surface area contributed by atoms with Gasteiger partial charge in [0, 0.05) is 30.3 Å². The topological polar surface area (TPSA) is 213 Å². The highest BCUT2D eigenvalue weighted by molar-refractivity contribution is 5.90. The Morgan fingerprint density at radius 2 is 1.79 bits per heavy atom. The quantitative estimate of drug-likeness (QED) is 0.114. The fourth-order valence-electron chi connectivity index (χ4n) is 6.74. The Kier molecular flexibility index (Phi) is 9.46. The molecule has 0 aromatic heterocycles. The van der Waals surface area contributed by atoms with Gasteiger partial charge in [0.25, 0.3) is 0 Å². The lowest BCUT2D eigenvalue weighted by Crippen LogP contribution is -2.63. The zero-order valence-electron chi connectivity index (χ0n) is 25.8. The van der Waals surface area contributed by atoms with Gasteiger partial charge in [0.05, 0.1) is 25.2 Å². The summed E-state index contributed by atoms with van der Waals surface area (Å²) in [4.78, 5) is 35.0. The van der Waals surface area contributed by atoms with Gasteiger partial charge >= 0.3 is 11.9 Å². The molecule has 0 amide bonds. The number of aliphatic hydroxyl groups excluding tert-OH is 2. The standard InChI is InChI=1S/C32H37NO15/c33-6-8-39-32-31(27(38)30-29(46-32)21(44-26(37)12-25(35)36)4-1-15(43-30)5-7-34)48-47-16-2-3-20-18(9-16)28-19(13-40-20)17-10-23-24(42-14-41-23)11-22(17)45-28/h2-3,9-11,15,19,21,27-32,34,38H,1,4-8,12-14,33H2,(H,35,36). The number of hydrogen-bond donors (Lipinski definition) is 4. The molecular weight excluding hydrogens is 638 g/mol. The molecule has 0 bridgehead atoms.